The number of anilines is 1. The molecule has 0 radical (unpaired) electrons. The minimum atomic E-state index is -3.66. The molecule has 0 atom stereocenters. The van der Waals surface area contributed by atoms with E-state index >= 15 is 0 Å². The molecule has 1 aromatic heterocycles. The summed E-state index contributed by atoms with van der Waals surface area (Å²) >= 11 is 0. The summed E-state index contributed by atoms with van der Waals surface area (Å²) in [6.45, 7) is 5.83. The Bertz CT molecular complexity index is 544. The molecule has 2 N–H and O–H groups in total. The van der Waals surface area contributed by atoms with Crippen molar-refractivity contribution in [3.63, 3.8) is 0 Å². The van der Waals surface area contributed by atoms with Gasteiger partial charge in [0.15, 0.2) is 0 Å². The lowest BCUT2D eigenvalue weighted by molar-refractivity contribution is 0.138. The zero-order chi connectivity index (χ0) is 15.4. The van der Waals surface area contributed by atoms with Crippen LogP contribution >= 0.6 is 0 Å². The first-order valence-electron chi connectivity index (χ1n) is 6.55. The van der Waals surface area contributed by atoms with Crippen molar-refractivity contribution < 1.29 is 13.5 Å². The second-order valence-electron chi connectivity index (χ2n) is 5.25. The van der Waals surface area contributed by atoms with Gasteiger partial charge in [0.1, 0.15) is 5.82 Å². The van der Waals surface area contributed by atoms with Crippen molar-refractivity contribution in [3.8, 4) is 0 Å². The van der Waals surface area contributed by atoms with E-state index in [1.165, 1.54) is 29.7 Å². The normalized spacial score (nSPS) is 12.7. The van der Waals surface area contributed by atoms with Gasteiger partial charge in [0.05, 0.1) is 17.0 Å². The average Bonchev–Trinajstić information content (AvgIpc) is 2.44. The smallest absolute Gasteiger partial charge is 0.243 e. The molecule has 6 nitrogen and oxygen atoms in total. The van der Waals surface area contributed by atoms with E-state index in [2.05, 4.69) is 10.3 Å². The summed E-state index contributed by atoms with van der Waals surface area (Å²) in [7, 11) is -2.20. The van der Waals surface area contributed by atoms with Crippen LogP contribution in [0.2, 0.25) is 0 Å². The number of hydrogen-bond acceptors (Lipinski definition) is 5. The molecule has 0 aliphatic rings. The topological polar surface area (TPSA) is 82.5 Å². The van der Waals surface area contributed by atoms with Gasteiger partial charge >= 0.3 is 0 Å². The number of nitrogens with zero attached hydrogens (tertiary/aromatic N) is 2. The van der Waals surface area contributed by atoms with E-state index in [1.807, 2.05) is 6.92 Å². The molecule has 0 aromatic carbocycles. The largest absolute Gasteiger partial charge is 0.394 e. The number of hydrogen-bond donors (Lipinski definition) is 2. The summed E-state index contributed by atoms with van der Waals surface area (Å²) in [6, 6.07) is 2.96. The van der Waals surface area contributed by atoms with Gasteiger partial charge in [-0.15, -0.1) is 0 Å². The molecule has 0 fully saturated rings. The lowest BCUT2D eigenvalue weighted by Gasteiger charge is -2.32. The summed E-state index contributed by atoms with van der Waals surface area (Å²) < 4.78 is 26.2. The maximum absolute atomic E-state index is 12.5. The van der Waals surface area contributed by atoms with Crippen molar-refractivity contribution in [2.24, 2.45) is 0 Å². The average molecular weight is 301 g/mol. The highest BCUT2D eigenvalue weighted by molar-refractivity contribution is 7.89. The van der Waals surface area contributed by atoms with E-state index in [-0.39, 0.29) is 11.5 Å². The Morgan fingerprint density at radius 1 is 1.45 bits per heavy atom. The maximum atomic E-state index is 12.5. The number of aromatic nitrogens is 1. The molecular weight excluding hydrogens is 278 g/mol. The second kappa shape index (κ2) is 6.51. The molecule has 1 aromatic rings. The van der Waals surface area contributed by atoms with Crippen LogP contribution in [-0.2, 0) is 10.0 Å². The molecule has 114 valence electrons. The van der Waals surface area contributed by atoms with E-state index in [4.69, 9.17) is 0 Å². The number of aliphatic hydroxyl groups is 1. The molecule has 20 heavy (non-hydrogen) atoms. The second-order valence-corrected chi connectivity index (χ2v) is 7.22. The van der Waals surface area contributed by atoms with E-state index in [0.717, 1.165) is 13.0 Å². The van der Waals surface area contributed by atoms with Crippen molar-refractivity contribution >= 4 is 15.8 Å². The summed E-state index contributed by atoms with van der Waals surface area (Å²) in [4.78, 5) is 4.25. The lowest BCUT2D eigenvalue weighted by Crippen LogP contribution is -2.47. The van der Waals surface area contributed by atoms with Crippen molar-refractivity contribution in [2.45, 2.75) is 37.6 Å². The Morgan fingerprint density at radius 3 is 2.65 bits per heavy atom. The third-order valence-corrected chi connectivity index (χ3v) is 5.25. The van der Waals surface area contributed by atoms with Gasteiger partial charge in [-0.1, -0.05) is 6.92 Å². The molecule has 0 saturated carbocycles. The number of rotatable bonds is 7. The van der Waals surface area contributed by atoms with Crippen molar-refractivity contribution in [3.05, 3.63) is 18.3 Å². The summed E-state index contributed by atoms with van der Waals surface area (Å²) in [5.74, 6) is 0.531. The summed E-state index contributed by atoms with van der Waals surface area (Å²) in [5.41, 5.74) is -0.862. The molecule has 0 aliphatic heterocycles. The van der Waals surface area contributed by atoms with Crippen LogP contribution in [0.1, 0.15) is 27.2 Å². The molecule has 7 heteroatoms. The third-order valence-electron chi connectivity index (χ3n) is 3.19. The maximum Gasteiger partial charge on any atom is 0.243 e. The zero-order valence-electron chi connectivity index (χ0n) is 12.4. The van der Waals surface area contributed by atoms with E-state index < -0.39 is 15.6 Å². The standard InChI is InChI=1S/C13H23N3O3S/c1-5-7-14-12-9-11(6-8-15-12)20(18,19)16(4)13(2,3)10-17/h6,8-9,17H,5,7,10H2,1-4H3,(H,14,15). The zero-order valence-corrected chi connectivity index (χ0v) is 13.2. The highest BCUT2D eigenvalue weighted by Crippen LogP contribution is 2.23. The van der Waals surface area contributed by atoms with Gasteiger partial charge in [-0.2, -0.15) is 4.31 Å². The van der Waals surface area contributed by atoms with Crippen LogP contribution in [0.5, 0.6) is 0 Å². The molecule has 1 heterocycles. The number of sulfonamides is 1. The summed E-state index contributed by atoms with van der Waals surface area (Å²) in [6.07, 6.45) is 2.39. The Kier molecular flexibility index (Phi) is 5.50. The minimum absolute atomic E-state index is 0.162. The first-order chi connectivity index (χ1) is 9.25. The number of aliphatic hydroxyl groups excluding tert-OH is 1. The van der Waals surface area contributed by atoms with Crippen molar-refractivity contribution in [2.75, 3.05) is 25.5 Å². The monoisotopic (exact) mass is 301 g/mol. The van der Waals surface area contributed by atoms with E-state index in [9.17, 15) is 13.5 Å². The van der Waals surface area contributed by atoms with Gasteiger partial charge in [0, 0.05) is 25.9 Å². The quantitative estimate of drug-likeness (QED) is 0.793. The van der Waals surface area contributed by atoms with Crippen LogP contribution in [0.15, 0.2) is 23.2 Å². The molecule has 0 bridgehead atoms. The lowest BCUT2D eigenvalue weighted by atomic mass is 10.1. The number of likely N-dealkylation sites (N-methyl/N-ethyl adjacent to an activating group) is 1. The Balaban J connectivity index is 3.09. The first-order valence-corrected chi connectivity index (χ1v) is 7.99. The Hall–Kier alpha value is -1.18. The van der Waals surface area contributed by atoms with Gasteiger partial charge in [0.2, 0.25) is 10.0 Å². The van der Waals surface area contributed by atoms with Crippen LogP contribution in [0.4, 0.5) is 5.82 Å². The summed E-state index contributed by atoms with van der Waals surface area (Å²) in [5, 5.41) is 12.4. The molecule has 0 saturated heterocycles. The SMILES string of the molecule is CCCNc1cc(S(=O)(=O)N(C)C(C)(C)CO)ccn1. The molecular formula is C13H23N3O3S. The molecule has 0 spiro atoms. The van der Waals surface area contributed by atoms with Crippen molar-refractivity contribution in [1.82, 2.24) is 9.29 Å². The molecule has 0 aliphatic carbocycles. The van der Waals surface area contributed by atoms with E-state index in [1.54, 1.807) is 13.8 Å². The number of nitrogens with one attached hydrogen (secondary N) is 1. The van der Waals surface area contributed by atoms with Crippen LogP contribution in [0, 0.1) is 0 Å². The number of pyridine rings is 1. The molecule has 0 amide bonds. The highest BCUT2D eigenvalue weighted by atomic mass is 32.2. The Morgan fingerprint density at radius 2 is 2.10 bits per heavy atom. The van der Waals surface area contributed by atoms with Crippen LogP contribution in [-0.4, -0.2) is 48.6 Å². The third kappa shape index (κ3) is 3.68. The van der Waals surface area contributed by atoms with Crippen LogP contribution in [0.3, 0.4) is 0 Å². The predicted molar refractivity (Wildman–Crippen MR) is 79.1 cm³/mol. The fourth-order valence-corrected chi connectivity index (χ4v) is 3.02. The molecule has 1 rings (SSSR count). The first kappa shape index (κ1) is 16.9. The fourth-order valence-electron chi connectivity index (χ4n) is 1.50. The van der Waals surface area contributed by atoms with Gasteiger partial charge in [0.25, 0.3) is 0 Å². The minimum Gasteiger partial charge on any atom is -0.394 e. The Labute approximate surface area is 120 Å². The van der Waals surface area contributed by atoms with Crippen LogP contribution in [0.25, 0.3) is 0 Å². The van der Waals surface area contributed by atoms with Crippen LogP contribution < -0.4 is 5.32 Å². The van der Waals surface area contributed by atoms with Crippen molar-refractivity contribution in [1.29, 1.82) is 0 Å². The molecule has 0 unspecified atom stereocenters. The van der Waals surface area contributed by atoms with E-state index in [0.29, 0.717) is 5.82 Å². The fraction of sp³-hybridized carbons (Fsp3) is 0.615. The highest BCUT2D eigenvalue weighted by Gasteiger charge is 2.33. The van der Waals surface area contributed by atoms with Gasteiger partial charge in [-0.05, 0) is 26.3 Å². The van der Waals surface area contributed by atoms with Gasteiger partial charge in [-0.3, -0.25) is 0 Å². The predicted octanol–water partition coefficient (Wildman–Crippen LogP) is 1.29. The van der Waals surface area contributed by atoms with Gasteiger partial charge < -0.3 is 10.4 Å². The van der Waals surface area contributed by atoms with Gasteiger partial charge in [-0.25, -0.2) is 13.4 Å².